The molecule has 1 unspecified atom stereocenters. The first-order valence-corrected chi connectivity index (χ1v) is 10.0. The molecule has 1 aromatic heterocycles. The number of cyclic esters (lactones) is 1. The predicted octanol–water partition coefficient (Wildman–Crippen LogP) is 3.56. The average molecular weight is 388 g/mol. The van der Waals surface area contributed by atoms with Crippen LogP contribution in [-0.4, -0.2) is 29.8 Å². The summed E-state index contributed by atoms with van der Waals surface area (Å²) >= 11 is 0. The van der Waals surface area contributed by atoms with E-state index < -0.39 is 11.5 Å². The van der Waals surface area contributed by atoms with E-state index in [1.165, 1.54) is 6.92 Å². The van der Waals surface area contributed by atoms with Crippen molar-refractivity contribution in [2.45, 2.75) is 58.7 Å². The van der Waals surface area contributed by atoms with Crippen molar-refractivity contribution in [3.63, 3.8) is 0 Å². The summed E-state index contributed by atoms with van der Waals surface area (Å²) in [4.78, 5) is 24.2. The van der Waals surface area contributed by atoms with Crippen molar-refractivity contribution in [3.8, 4) is 0 Å². The van der Waals surface area contributed by atoms with Gasteiger partial charge in [0.1, 0.15) is 12.7 Å². The SMILES string of the molecule is CC(=O)O[C@H]1C[C@@]23COC(=O)C2=CCC[C@@H]3[C@@](C)(CC(O)c2ccoc2)[C@@H]1C. The molecule has 1 aliphatic heterocycles. The van der Waals surface area contributed by atoms with Crippen LogP contribution in [0, 0.1) is 22.7 Å². The highest BCUT2D eigenvalue weighted by Gasteiger charge is 2.64. The Kier molecular flexibility index (Phi) is 4.65. The smallest absolute Gasteiger partial charge is 0.334 e. The van der Waals surface area contributed by atoms with Crippen LogP contribution in [0.5, 0.6) is 0 Å². The Morgan fingerprint density at radius 3 is 2.93 bits per heavy atom. The third kappa shape index (κ3) is 2.81. The zero-order chi connectivity index (χ0) is 20.1. The van der Waals surface area contributed by atoms with Crippen LogP contribution >= 0.6 is 0 Å². The summed E-state index contributed by atoms with van der Waals surface area (Å²) in [7, 11) is 0. The molecule has 0 amide bonds. The highest BCUT2D eigenvalue weighted by atomic mass is 16.5. The van der Waals surface area contributed by atoms with E-state index in [4.69, 9.17) is 13.9 Å². The quantitative estimate of drug-likeness (QED) is 0.794. The van der Waals surface area contributed by atoms with Crippen LogP contribution < -0.4 is 0 Å². The molecule has 2 fully saturated rings. The second-order valence-corrected chi connectivity index (χ2v) is 8.90. The molecule has 6 heteroatoms. The maximum Gasteiger partial charge on any atom is 0.334 e. The Hall–Kier alpha value is -2.08. The van der Waals surface area contributed by atoms with E-state index in [0.717, 1.165) is 24.0 Å². The summed E-state index contributed by atoms with van der Waals surface area (Å²) in [5.74, 6) is -0.381. The normalized spacial score (nSPS) is 38.1. The molecule has 1 N–H and O–H groups in total. The van der Waals surface area contributed by atoms with E-state index in [1.807, 2.05) is 6.08 Å². The molecule has 2 aliphatic carbocycles. The van der Waals surface area contributed by atoms with Gasteiger partial charge in [-0.05, 0) is 49.0 Å². The summed E-state index contributed by atoms with van der Waals surface area (Å²) < 4.78 is 16.4. The van der Waals surface area contributed by atoms with Gasteiger partial charge in [-0.15, -0.1) is 0 Å². The zero-order valence-electron chi connectivity index (χ0n) is 16.6. The number of allylic oxidation sites excluding steroid dienone is 1. The van der Waals surface area contributed by atoms with Gasteiger partial charge in [0, 0.05) is 23.5 Å². The Bertz CT molecular complexity index is 796. The van der Waals surface area contributed by atoms with Gasteiger partial charge in [-0.2, -0.15) is 0 Å². The number of aliphatic hydroxyl groups is 1. The summed E-state index contributed by atoms with van der Waals surface area (Å²) in [6.45, 7) is 6.00. The van der Waals surface area contributed by atoms with E-state index in [9.17, 15) is 14.7 Å². The number of esters is 2. The second-order valence-electron chi connectivity index (χ2n) is 8.90. The molecule has 6 nitrogen and oxygen atoms in total. The van der Waals surface area contributed by atoms with E-state index in [-0.39, 0.29) is 35.3 Å². The summed E-state index contributed by atoms with van der Waals surface area (Å²) in [5.41, 5.74) is 0.675. The standard InChI is InChI=1S/C22H28O6/c1-13-18(28-14(2)23)10-22-12-27-20(25)16(22)5-4-6-19(22)21(13,3)9-17(24)15-7-8-26-11-15/h5,7-8,11,13,17-19,24H,4,6,9-10,12H2,1-3H3/t13-,17?,18+,19-,21+,22-/m1/s1. The number of hydrogen-bond acceptors (Lipinski definition) is 6. The van der Waals surface area contributed by atoms with Gasteiger partial charge in [0.15, 0.2) is 0 Å². The summed E-state index contributed by atoms with van der Waals surface area (Å²) in [6.07, 6.45) is 6.93. The van der Waals surface area contributed by atoms with E-state index in [2.05, 4.69) is 13.8 Å². The molecule has 1 saturated carbocycles. The lowest BCUT2D eigenvalue weighted by Gasteiger charge is -2.58. The molecule has 1 spiro atoms. The first kappa shape index (κ1) is 19.2. The maximum absolute atomic E-state index is 12.4. The number of carbonyl (C=O) groups is 2. The lowest BCUT2D eigenvalue weighted by Crippen LogP contribution is -2.57. The number of rotatable bonds is 4. The Morgan fingerprint density at radius 2 is 2.25 bits per heavy atom. The van der Waals surface area contributed by atoms with Crippen LogP contribution in [0.1, 0.15) is 58.1 Å². The first-order valence-electron chi connectivity index (χ1n) is 10.0. The number of hydrogen-bond donors (Lipinski definition) is 1. The van der Waals surface area contributed by atoms with Crippen molar-refractivity contribution >= 4 is 11.9 Å². The maximum atomic E-state index is 12.4. The van der Waals surface area contributed by atoms with Gasteiger partial charge in [-0.25, -0.2) is 4.79 Å². The van der Waals surface area contributed by atoms with Crippen LogP contribution in [0.25, 0.3) is 0 Å². The van der Waals surface area contributed by atoms with Crippen LogP contribution in [0.3, 0.4) is 0 Å². The van der Waals surface area contributed by atoms with Gasteiger partial charge >= 0.3 is 11.9 Å². The molecule has 28 heavy (non-hydrogen) atoms. The average Bonchev–Trinajstić information content (AvgIpc) is 3.28. The lowest BCUT2D eigenvalue weighted by atomic mass is 9.46. The summed E-state index contributed by atoms with van der Waals surface area (Å²) in [6, 6.07) is 1.77. The molecule has 6 atom stereocenters. The van der Waals surface area contributed by atoms with Gasteiger partial charge in [-0.3, -0.25) is 4.79 Å². The summed E-state index contributed by atoms with van der Waals surface area (Å²) in [5, 5.41) is 10.9. The van der Waals surface area contributed by atoms with Crippen molar-refractivity contribution < 1.29 is 28.6 Å². The fraction of sp³-hybridized carbons (Fsp3) is 0.636. The number of furan rings is 1. The lowest BCUT2D eigenvalue weighted by molar-refractivity contribution is -0.175. The van der Waals surface area contributed by atoms with Gasteiger partial charge < -0.3 is 19.0 Å². The number of carbonyl (C=O) groups excluding carboxylic acids is 2. The van der Waals surface area contributed by atoms with Gasteiger partial charge in [-0.1, -0.05) is 19.9 Å². The third-order valence-corrected chi connectivity index (χ3v) is 7.53. The fourth-order valence-corrected chi connectivity index (χ4v) is 6.03. The molecule has 152 valence electrons. The molecular weight excluding hydrogens is 360 g/mol. The minimum atomic E-state index is -0.688. The van der Waals surface area contributed by atoms with Crippen LogP contribution in [-0.2, 0) is 19.1 Å². The molecule has 2 heterocycles. The van der Waals surface area contributed by atoms with Crippen molar-refractivity contribution in [1.82, 2.24) is 0 Å². The number of ether oxygens (including phenoxy) is 2. The zero-order valence-corrected chi connectivity index (χ0v) is 16.6. The van der Waals surface area contributed by atoms with Gasteiger partial charge in [0.05, 0.1) is 18.6 Å². The highest BCUT2D eigenvalue weighted by molar-refractivity contribution is 5.92. The van der Waals surface area contributed by atoms with Crippen LogP contribution in [0.2, 0.25) is 0 Å². The molecule has 1 aromatic rings. The van der Waals surface area contributed by atoms with Gasteiger partial charge in [0.25, 0.3) is 0 Å². The van der Waals surface area contributed by atoms with Crippen molar-refractivity contribution in [1.29, 1.82) is 0 Å². The Labute approximate surface area is 164 Å². The first-order chi connectivity index (χ1) is 13.3. The molecule has 0 radical (unpaired) electrons. The van der Waals surface area contributed by atoms with E-state index >= 15 is 0 Å². The van der Waals surface area contributed by atoms with Crippen LogP contribution in [0.15, 0.2) is 34.7 Å². The van der Waals surface area contributed by atoms with Crippen molar-refractivity contribution in [2.75, 3.05) is 6.61 Å². The molecule has 4 rings (SSSR count). The Morgan fingerprint density at radius 1 is 1.46 bits per heavy atom. The largest absolute Gasteiger partial charge is 0.472 e. The Balaban J connectivity index is 1.75. The highest BCUT2D eigenvalue weighted by Crippen LogP contribution is 2.64. The van der Waals surface area contributed by atoms with E-state index in [1.54, 1.807) is 18.6 Å². The van der Waals surface area contributed by atoms with Crippen molar-refractivity contribution in [3.05, 3.63) is 35.8 Å². The number of aliphatic hydroxyl groups excluding tert-OH is 1. The van der Waals surface area contributed by atoms with Crippen molar-refractivity contribution in [2.24, 2.45) is 22.7 Å². The second kappa shape index (κ2) is 6.76. The van der Waals surface area contributed by atoms with Crippen LogP contribution in [0.4, 0.5) is 0 Å². The fourth-order valence-electron chi connectivity index (χ4n) is 6.03. The molecule has 0 aromatic carbocycles. The minimum absolute atomic E-state index is 0.0311. The topological polar surface area (TPSA) is 86.0 Å². The monoisotopic (exact) mass is 388 g/mol. The van der Waals surface area contributed by atoms with E-state index in [0.29, 0.717) is 19.4 Å². The van der Waals surface area contributed by atoms with Gasteiger partial charge in [0.2, 0.25) is 0 Å². The molecular formula is C22H28O6. The molecule has 3 aliphatic rings. The predicted molar refractivity (Wildman–Crippen MR) is 99.9 cm³/mol. The molecule has 1 saturated heterocycles. The molecule has 0 bridgehead atoms. The minimum Gasteiger partial charge on any atom is -0.472 e. The third-order valence-electron chi connectivity index (χ3n) is 7.53.